The van der Waals surface area contributed by atoms with Crippen LogP contribution in [-0.4, -0.2) is 16.9 Å². The minimum Gasteiger partial charge on any atom is -0.321 e. The number of carbonyl (C=O) groups excluding carboxylic acids is 2. The molecule has 2 heterocycles. The summed E-state index contributed by atoms with van der Waals surface area (Å²) in [4.78, 5) is 32.3. The summed E-state index contributed by atoms with van der Waals surface area (Å²) in [7, 11) is 0. The van der Waals surface area contributed by atoms with Gasteiger partial charge in [-0.05, 0) is 6.07 Å². The Morgan fingerprint density at radius 2 is 2.13 bits per heavy atom. The molecule has 1 atom stereocenters. The van der Waals surface area contributed by atoms with Crippen LogP contribution in [0.2, 0.25) is 0 Å². The first-order valence-corrected chi connectivity index (χ1v) is 4.75. The maximum Gasteiger partial charge on any atom is 0.324 e. The normalized spacial score (nSPS) is 19.9. The van der Waals surface area contributed by atoms with Crippen LogP contribution in [0.5, 0.6) is 0 Å². The van der Waals surface area contributed by atoms with Crippen LogP contribution >= 0.6 is 11.3 Å². The molecule has 1 aromatic heterocycles. The number of thiophene rings is 1. The number of nitrogens with one attached hydrogen (secondary N) is 2. The van der Waals surface area contributed by atoms with Gasteiger partial charge in [0.15, 0.2) is 0 Å². The molecule has 1 aliphatic rings. The summed E-state index contributed by atoms with van der Waals surface area (Å²) in [6.07, 6.45) is 0. The molecule has 78 valence electrons. The molecule has 0 spiro atoms. The third-order valence-electron chi connectivity index (χ3n) is 1.85. The smallest absolute Gasteiger partial charge is 0.321 e. The van der Waals surface area contributed by atoms with Gasteiger partial charge in [0, 0.05) is 10.9 Å². The lowest BCUT2D eigenvalue weighted by Crippen LogP contribution is -2.22. The van der Waals surface area contributed by atoms with Crippen molar-refractivity contribution in [2.24, 2.45) is 0 Å². The molecule has 3 amide bonds. The van der Waals surface area contributed by atoms with E-state index >= 15 is 0 Å². The van der Waals surface area contributed by atoms with Crippen molar-refractivity contribution in [2.75, 3.05) is 0 Å². The first kappa shape index (κ1) is 9.59. The molecule has 0 aliphatic carbocycles. The van der Waals surface area contributed by atoms with Gasteiger partial charge in [-0.3, -0.25) is 20.2 Å². The standard InChI is InChI=1S/C7H5N3O4S/c11-6-5(8-7(12)9-6)3-1-2-4(15-3)10(13)14/h1-2,5H,(H2,8,9,11,12). The molecule has 0 bridgehead atoms. The maximum absolute atomic E-state index is 11.2. The zero-order chi connectivity index (χ0) is 11.0. The van der Waals surface area contributed by atoms with E-state index in [1.165, 1.54) is 12.1 Å². The quantitative estimate of drug-likeness (QED) is 0.437. The zero-order valence-electron chi connectivity index (χ0n) is 7.22. The Bertz CT molecular complexity index is 455. The largest absolute Gasteiger partial charge is 0.324 e. The van der Waals surface area contributed by atoms with Gasteiger partial charge in [0.1, 0.15) is 6.04 Å². The topological polar surface area (TPSA) is 101 Å². The Hall–Kier alpha value is -1.96. The lowest BCUT2D eigenvalue weighted by atomic mass is 10.2. The summed E-state index contributed by atoms with van der Waals surface area (Å²) in [6, 6.07) is 1.37. The van der Waals surface area contributed by atoms with E-state index in [-0.39, 0.29) is 5.00 Å². The van der Waals surface area contributed by atoms with Gasteiger partial charge in [-0.2, -0.15) is 0 Å². The molecule has 1 saturated heterocycles. The molecule has 0 aromatic carbocycles. The van der Waals surface area contributed by atoms with Gasteiger partial charge in [-0.15, -0.1) is 0 Å². The van der Waals surface area contributed by atoms with E-state index in [0.717, 1.165) is 11.3 Å². The van der Waals surface area contributed by atoms with Crippen molar-refractivity contribution in [3.05, 3.63) is 27.1 Å². The van der Waals surface area contributed by atoms with Gasteiger partial charge in [-0.1, -0.05) is 11.3 Å². The molecular formula is C7H5N3O4S. The lowest BCUT2D eigenvalue weighted by molar-refractivity contribution is -0.380. The number of amides is 3. The molecule has 0 radical (unpaired) electrons. The summed E-state index contributed by atoms with van der Waals surface area (Å²) in [5, 5.41) is 14.8. The van der Waals surface area contributed by atoms with Crippen LogP contribution in [-0.2, 0) is 4.79 Å². The molecule has 8 heteroatoms. The summed E-state index contributed by atoms with van der Waals surface area (Å²) in [6.45, 7) is 0. The highest BCUT2D eigenvalue weighted by molar-refractivity contribution is 7.15. The van der Waals surface area contributed by atoms with E-state index in [1.807, 2.05) is 0 Å². The fourth-order valence-corrected chi connectivity index (χ4v) is 2.08. The SMILES string of the molecule is O=C1NC(=O)C(c2ccc([N+](=O)[O-])s2)N1. The van der Waals surface area contributed by atoms with Crippen LogP contribution in [0.15, 0.2) is 12.1 Å². The van der Waals surface area contributed by atoms with Gasteiger partial charge in [0.2, 0.25) is 0 Å². The van der Waals surface area contributed by atoms with Crippen LogP contribution in [0.25, 0.3) is 0 Å². The minimum absolute atomic E-state index is 0.0565. The third-order valence-corrected chi connectivity index (χ3v) is 2.95. The fourth-order valence-electron chi connectivity index (χ4n) is 1.21. The minimum atomic E-state index is -0.809. The van der Waals surface area contributed by atoms with Crippen LogP contribution in [0.3, 0.4) is 0 Å². The summed E-state index contributed by atoms with van der Waals surface area (Å²) in [5.74, 6) is -0.489. The first-order chi connectivity index (χ1) is 7.08. The Morgan fingerprint density at radius 3 is 2.60 bits per heavy atom. The summed E-state index contributed by atoms with van der Waals surface area (Å²) in [5.41, 5.74) is 0. The van der Waals surface area contributed by atoms with Crippen LogP contribution in [0.1, 0.15) is 10.9 Å². The van der Waals surface area contributed by atoms with Gasteiger partial charge < -0.3 is 5.32 Å². The average molecular weight is 227 g/mol. The Morgan fingerprint density at radius 1 is 1.40 bits per heavy atom. The number of carbonyl (C=O) groups is 2. The van der Waals surface area contributed by atoms with Crippen LogP contribution in [0.4, 0.5) is 9.80 Å². The molecule has 2 rings (SSSR count). The first-order valence-electron chi connectivity index (χ1n) is 3.93. The maximum atomic E-state index is 11.2. The van der Waals surface area contributed by atoms with E-state index in [2.05, 4.69) is 10.6 Å². The molecular weight excluding hydrogens is 222 g/mol. The molecule has 0 saturated carbocycles. The molecule has 1 aromatic rings. The van der Waals surface area contributed by atoms with Crippen molar-refractivity contribution in [2.45, 2.75) is 6.04 Å². The predicted molar refractivity (Wildman–Crippen MR) is 50.4 cm³/mol. The van der Waals surface area contributed by atoms with Crippen molar-refractivity contribution in [3.8, 4) is 0 Å². The third kappa shape index (κ3) is 1.66. The molecule has 2 N–H and O–H groups in total. The van der Waals surface area contributed by atoms with E-state index in [0.29, 0.717) is 4.88 Å². The molecule has 1 fully saturated rings. The van der Waals surface area contributed by atoms with E-state index in [1.54, 1.807) is 0 Å². The number of urea groups is 1. The Kier molecular flexibility index (Phi) is 2.12. The van der Waals surface area contributed by atoms with Gasteiger partial charge in [-0.25, -0.2) is 4.79 Å². The number of nitrogens with zero attached hydrogens (tertiary/aromatic N) is 1. The highest BCUT2D eigenvalue weighted by atomic mass is 32.1. The predicted octanol–water partition coefficient (Wildman–Crippen LogP) is 0.537. The molecule has 1 unspecified atom stereocenters. The highest BCUT2D eigenvalue weighted by Gasteiger charge is 2.32. The van der Waals surface area contributed by atoms with Crippen molar-refractivity contribution in [1.82, 2.24) is 10.6 Å². The van der Waals surface area contributed by atoms with E-state index < -0.39 is 22.9 Å². The second-order valence-corrected chi connectivity index (χ2v) is 3.92. The van der Waals surface area contributed by atoms with Gasteiger partial charge in [0.05, 0.1) is 4.92 Å². The number of rotatable bonds is 2. The average Bonchev–Trinajstić information content (AvgIpc) is 2.71. The van der Waals surface area contributed by atoms with E-state index in [4.69, 9.17) is 0 Å². The van der Waals surface area contributed by atoms with Crippen LogP contribution < -0.4 is 10.6 Å². The van der Waals surface area contributed by atoms with Crippen molar-refractivity contribution >= 4 is 28.3 Å². The Labute approximate surface area is 87.2 Å². The van der Waals surface area contributed by atoms with Crippen molar-refractivity contribution in [1.29, 1.82) is 0 Å². The lowest BCUT2D eigenvalue weighted by Gasteiger charge is -2.01. The van der Waals surface area contributed by atoms with Crippen molar-refractivity contribution < 1.29 is 14.5 Å². The summed E-state index contributed by atoms with van der Waals surface area (Å²) >= 11 is 0.869. The molecule has 15 heavy (non-hydrogen) atoms. The molecule has 1 aliphatic heterocycles. The zero-order valence-corrected chi connectivity index (χ0v) is 8.04. The van der Waals surface area contributed by atoms with E-state index in [9.17, 15) is 19.7 Å². The monoisotopic (exact) mass is 227 g/mol. The van der Waals surface area contributed by atoms with Crippen LogP contribution in [0, 0.1) is 10.1 Å². The molecule has 7 nitrogen and oxygen atoms in total. The second kappa shape index (κ2) is 3.31. The van der Waals surface area contributed by atoms with Gasteiger partial charge >= 0.3 is 11.0 Å². The van der Waals surface area contributed by atoms with Gasteiger partial charge in [0.25, 0.3) is 5.91 Å². The summed E-state index contributed by atoms with van der Waals surface area (Å²) < 4.78 is 0. The fraction of sp³-hybridized carbons (Fsp3) is 0.143. The number of imide groups is 1. The number of nitro groups is 1. The van der Waals surface area contributed by atoms with Crippen molar-refractivity contribution in [3.63, 3.8) is 0 Å². The number of hydrogen-bond donors (Lipinski definition) is 2. The number of hydrogen-bond acceptors (Lipinski definition) is 5. The highest BCUT2D eigenvalue weighted by Crippen LogP contribution is 2.29. The second-order valence-electron chi connectivity index (χ2n) is 2.83. The Balaban J connectivity index is 2.26.